The molecule has 2 nitrogen and oxygen atoms in total. The van der Waals surface area contributed by atoms with Crippen molar-refractivity contribution in [3.63, 3.8) is 0 Å². The van der Waals surface area contributed by atoms with Gasteiger partial charge in [0.1, 0.15) is 0 Å². The summed E-state index contributed by atoms with van der Waals surface area (Å²) in [6.07, 6.45) is 0. The van der Waals surface area contributed by atoms with Gasteiger partial charge in [0.25, 0.3) is 0 Å². The van der Waals surface area contributed by atoms with Gasteiger partial charge in [0.05, 0.1) is 11.4 Å². The van der Waals surface area contributed by atoms with Crippen molar-refractivity contribution in [2.75, 3.05) is 23.3 Å². The quantitative estimate of drug-likeness (QED) is 0.879. The Hall–Kier alpha value is -1.96. The minimum Gasteiger partial charge on any atom is -0.382 e. The van der Waals surface area contributed by atoms with E-state index in [1.807, 2.05) is 0 Å². The van der Waals surface area contributed by atoms with Gasteiger partial charge in [-0.1, -0.05) is 18.2 Å². The number of hydrogen-bond acceptors (Lipinski definition) is 2. The number of fused-ring (bicyclic) bond motifs is 1. The molecule has 1 N–H and O–H groups in total. The fourth-order valence-corrected chi connectivity index (χ4v) is 2.94. The van der Waals surface area contributed by atoms with E-state index in [4.69, 9.17) is 0 Å². The average Bonchev–Trinajstić information content (AvgIpc) is 2.45. The van der Waals surface area contributed by atoms with Crippen molar-refractivity contribution in [1.82, 2.24) is 0 Å². The van der Waals surface area contributed by atoms with Crippen molar-refractivity contribution in [3.05, 3.63) is 58.1 Å². The number of rotatable bonds is 2. The minimum absolute atomic E-state index is 0.984. The zero-order valence-corrected chi connectivity index (χ0v) is 13.5. The number of benzene rings is 2. The van der Waals surface area contributed by atoms with Crippen LogP contribution in [-0.2, 0) is 6.54 Å². The lowest BCUT2D eigenvalue weighted by atomic mass is 10.0. The highest BCUT2D eigenvalue weighted by Gasteiger charge is 2.17. The van der Waals surface area contributed by atoms with Crippen LogP contribution >= 0.6 is 0 Å². The maximum atomic E-state index is 3.53. The largest absolute Gasteiger partial charge is 0.382 e. The second-order valence-electron chi connectivity index (χ2n) is 6.22. The molecule has 1 heterocycles. The number of hydrogen-bond donors (Lipinski definition) is 1. The van der Waals surface area contributed by atoms with Crippen LogP contribution in [0.4, 0.5) is 11.4 Å². The monoisotopic (exact) mass is 280 g/mol. The molecule has 0 aromatic heterocycles. The summed E-state index contributed by atoms with van der Waals surface area (Å²) in [7, 11) is 0. The van der Waals surface area contributed by atoms with E-state index in [1.54, 1.807) is 0 Å². The van der Waals surface area contributed by atoms with E-state index >= 15 is 0 Å². The molecule has 3 rings (SSSR count). The van der Waals surface area contributed by atoms with Crippen molar-refractivity contribution < 1.29 is 0 Å². The second kappa shape index (κ2) is 5.44. The molecule has 1 aliphatic heterocycles. The molecule has 0 unspecified atom stereocenters. The molecular weight excluding hydrogens is 256 g/mol. The van der Waals surface area contributed by atoms with E-state index < -0.39 is 0 Å². The van der Waals surface area contributed by atoms with Gasteiger partial charge in [-0.25, -0.2) is 0 Å². The molecular formula is C19H24N2. The smallest absolute Gasteiger partial charge is 0.0608 e. The molecule has 0 aliphatic carbocycles. The van der Waals surface area contributed by atoms with E-state index in [9.17, 15) is 0 Å². The van der Waals surface area contributed by atoms with Gasteiger partial charge in [-0.15, -0.1) is 0 Å². The molecule has 0 saturated heterocycles. The van der Waals surface area contributed by atoms with E-state index in [-0.39, 0.29) is 0 Å². The molecule has 0 saturated carbocycles. The maximum absolute atomic E-state index is 3.53. The summed E-state index contributed by atoms with van der Waals surface area (Å²) in [6.45, 7) is 11.8. The van der Waals surface area contributed by atoms with Gasteiger partial charge in [0.15, 0.2) is 0 Å². The van der Waals surface area contributed by atoms with Gasteiger partial charge in [-0.3, -0.25) is 0 Å². The van der Waals surface area contributed by atoms with Gasteiger partial charge in [-0.05, 0) is 67.6 Å². The summed E-state index contributed by atoms with van der Waals surface area (Å²) in [6, 6.07) is 11.4. The molecule has 0 bridgehead atoms. The molecule has 2 aromatic rings. The summed E-state index contributed by atoms with van der Waals surface area (Å²) in [5.74, 6) is 0. The van der Waals surface area contributed by atoms with Gasteiger partial charge >= 0.3 is 0 Å². The molecule has 0 spiro atoms. The third kappa shape index (κ3) is 2.76. The lowest BCUT2D eigenvalue weighted by Crippen LogP contribution is -2.33. The van der Waals surface area contributed by atoms with E-state index in [0.29, 0.717) is 0 Å². The summed E-state index contributed by atoms with van der Waals surface area (Å²) in [4.78, 5) is 2.49. The first-order valence-corrected chi connectivity index (χ1v) is 7.71. The zero-order valence-electron chi connectivity index (χ0n) is 13.5. The Kier molecular flexibility index (Phi) is 3.62. The van der Waals surface area contributed by atoms with Crippen LogP contribution in [0.2, 0.25) is 0 Å². The number of anilines is 2. The van der Waals surface area contributed by atoms with Crippen LogP contribution < -0.4 is 10.2 Å². The van der Waals surface area contributed by atoms with Gasteiger partial charge in [-0.2, -0.15) is 0 Å². The highest BCUT2D eigenvalue weighted by atomic mass is 15.2. The van der Waals surface area contributed by atoms with Crippen molar-refractivity contribution in [2.45, 2.75) is 34.2 Å². The zero-order chi connectivity index (χ0) is 15.0. The average molecular weight is 280 g/mol. The number of nitrogens with zero attached hydrogens (tertiary/aromatic N) is 1. The molecule has 0 radical (unpaired) electrons. The standard InChI is InChI=1S/C19H24N2/c1-13-5-6-17(9-14(13)2)12-21-8-7-20-18-10-15(3)16(4)11-19(18)21/h5-6,9-11,20H,7-8,12H2,1-4H3. The summed E-state index contributed by atoms with van der Waals surface area (Å²) < 4.78 is 0. The highest BCUT2D eigenvalue weighted by Crippen LogP contribution is 2.32. The normalized spacial score (nSPS) is 13.8. The van der Waals surface area contributed by atoms with Crippen LogP contribution in [0.1, 0.15) is 27.8 Å². The van der Waals surface area contributed by atoms with Crippen LogP contribution in [0.3, 0.4) is 0 Å². The molecule has 2 heteroatoms. The molecule has 0 fully saturated rings. The Balaban J connectivity index is 1.91. The molecule has 2 aromatic carbocycles. The van der Waals surface area contributed by atoms with Gasteiger partial charge in [0, 0.05) is 19.6 Å². The van der Waals surface area contributed by atoms with Crippen LogP contribution in [0.15, 0.2) is 30.3 Å². The first-order chi connectivity index (χ1) is 10.0. The van der Waals surface area contributed by atoms with Crippen LogP contribution in [0.25, 0.3) is 0 Å². The Morgan fingerprint density at radius 2 is 1.62 bits per heavy atom. The Morgan fingerprint density at radius 3 is 2.38 bits per heavy atom. The Morgan fingerprint density at radius 1 is 0.905 bits per heavy atom. The lowest BCUT2D eigenvalue weighted by Gasteiger charge is -2.33. The predicted octanol–water partition coefficient (Wildman–Crippen LogP) is 4.35. The van der Waals surface area contributed by atoms with Gasteiger partial charge in [0.2, 0.25) is 0 Å². The molecule has 1 aliphatic rings. The van der Waals surface area contributed by atoms with Gasteiger partial charge < -0.3 is 10.2 Å². The van der Waals surface area contributed by atoms with E-state index in [0.717, 1.165) is 19.6 Å². The number of aryl methyl sites for hydroxylation is 4. The topological polar surface area (TPSA) is 15.3 Å². The Labute approximate surface area is 127 Å². The predicted molar refractivity (Wildman–Crippen MR) is 91.4 cm³/mol. The maximum Gasteiger partial charge on any atom is 0.0608 e. The first-order valence-electron chi connectivity index (χ1n) is 7.71. The molecule has 110 valence electrons. The van der Waals surface area contributed by atoms with Crippen LogP contribution in [0, 0.1) is 27.7 Å². The molecule has 21 heavy (non-hydrogen) atoms. The van der Waals surface area contributed by atoms with E-state index in [1.165, 1.54) is 39.2 Å². The molecule has 0 atom stereocenters. The Bertz CT molecular complexity index is 674. The lowest BCUT2D eigenvalue weighted by molar-refractivity contribution is 0.785. The fourth-order valence-electron chi connectivity index (χ4n) is 2.94. The van der Waals surface area contributed by atoms with Crippen molar-refractivity contribution in [3.8, 4) is 0 Å². The molecule has 0 amide bonds. The third-order valence-corrected chi connectivity index (χ3v) is 4.59. The van der Waals surface area contributed by atoms with Crippen molar-refractivity contribution >= 4 is 11.4 Å². The summed E-state index contributed by atoms with van der Waals surface area (Å²) in [5, 5.41) is 3.53. The summed E-state index contributed by atoms with van der Waals surface area (Å²) >= 11 is 0. The third-order valence-electron chi connectivity index (χ3n) is 4.59. The summed E-state index contributed by atoms with van der Waals surface area (Å²) in [5.41, 5.74) is 9.46. The van der Waals surface area contributed by atoms with Crippen molar-refractivity contribution in [1.29, 1.82) is 0 Å². The van der Waals surface area contributed by atoms with Crippen LogP contribution in [0.5, 0.6) is 0 Å². The SMILES string of the molecule is Cc1ccc(CN2CCNc3cc(C)c(C)cc32)cc1C. The highest BCUT2D eigenvalue weighted by molar-refractivity contribution is 5.74. The second-order valence-corrected chi connectivity index (χ2v) is 6.22. The minimum atomic E-state index is 0.984. The number of nitrogens with one attached hydrogen (secondary N) is 1. The first kappa shape index (κ1) is 14.0. The van der Waals surface area contributed by atoms with Crippen molar-refractivity contribution in [2.24, 2.45) is 0 Å². The van der Waals surface area contributed by atoms with E-state index in [2.05, 4.69) is 68.2 Å². The van der Waals surface area contributed by atoms with Crippen LogP contribution in [-0.4, -0.2) is 13.1 Å². The fraction of sp³-hybridized carbons (Fsp3) is 0.368.